The Morgan fingerprint density at radius 3 is 2.64 bits per heavy atom. The van der Waals surface area contributed by atoms with Gasteiger partial charge in [0.25, 0.3) is 0 Å². The maximum absolute atomic E-state index is 12.1. The van der Waals surface area contributed by atoms with Crippen molar-refractivity contribution in [1.82, 2.24) is 24.8 Å². The Bertz CT molecular complexity index is 734. The van der Waals surface area contributed by atoms with Crippen LogP contribution in [0.15, 0.2) is 29.2 Å². The van der Waals surface area contributed by atoms with Gasteiger partial charge in [-0.25, -0.2) is 9.48 Å². The molecule has 0 bridgehead atoms. The van der Waals surface area contributed by atoms with Crippen LogP contribution in [0.5, 0.6) is 0 Å². The molecule has 0 aromatic carbocycles. The van der Waals surface area contributed by atoms with E-state index in [4.69, 9.17) is 0 Å². The highest BCUT2D eigenvalue weighted by Crippen LogP contribution is 2.16. The number of rotatable bonds is 6. The molecule has 0 saturated heterocycles. The molecule has 1 saturated carbocycles. The number of carbonyl (C=O) groups is 1. The van der Waals surface area contributed by atoms with E-state index < -0.39 is 0 Å². The second-order valence-electron chi connectivity index (χ2n) is 6.36. The first-order valence-electron chi connectivity index (χ1n) is 8.78. The van der Waals surface area contributed by atoms with Crippen LogP contribution >= 0.6 is 12.4 Å². The molecule has 0 unspecified atom stereocenters. The van der Waals surface area contributed by atoms with Gasteiger partial charge in [-0.3, -0.25) is 9.20 Å². The number of fused-ring (bicyclic) bond motifs is 1. The summed E-state index contributed by atoms with van der Waals surface area (Å²) in [6.07, 6.45) is 9.36. The van der Waals surface area contributed by atoms with E-state index in [0.717, 1.165) is 6.54 Å². The van der Waals surface area contributed by atoms with Gasteiger partial charge in [-0.05, 0) is 25.0 Å². The van der Waals surface area contributed by atoms with Crippen LogP contribution in [-0.4, -0.2) is 39.2 Å². The number of hydrogen-bond donors (Lipinski definition) is 2. The maximum Gasteiger partial charge on any atom is 0.350 e. The second-order valence-corrected chi connectivity index (χ2v) is 6.36. The third-order valence-electron chi connectivity index (χ3n) is 4.52. The normalized spacial score (nSPS) is 15.5. The van der Waals surface area contributed by atoms with Crippen LogP contribution in [0.4, 0.5) is 0 Å². The molecular formula is C17H26ClN5O2. The fourth-order valence-corrected chi connectivity index (χ4v) is 3.22. The van der Waals surface area contributed by atoms with Crippen molar-refractivity contribution in [3.8, 4) is 0 Å². The number of carbonyl (C=O) groups excluding carboxylic acids is 1. The Hall–Kier alpha value is -1.86. The molecule has 1 aliphatic rings. The Morgan fingerprint density at radius 2 is 1.92 bits per heavy atom. The molecule has 1 amide bonds. The van der Waals surface area contributed by atoms with Crippen molar-refractivity contribution >= 4 is 24.0 Å². The molecule has 0 aliphatic heterocycles. The predicted molar refractivity (Wildman–Crippen MR) is 99.2 cm³/mol. The SMILES string of the molecule is Cl.O=C(Cn1nc2ccccn2c1=O)NCCNC1CCCCCC1. The van der Waals surface area contributed by atoms with Gasteiger partial charge in [0.05, 0.1) is 0 Å². The van der Waals surface area contributed by atoms with Crippen molar-refractivity contribution in [2.75, 3.05) is 13.1 Å². The molecule has 1 fully saturated rings. The van der Waals surface area contributed by atoms with E-state index in [-0.39, 0.29) is 30.5 Å². The van der Waals surface area contributed by atoms with Crippen LogP contribution in [0.2, 0.25) is 0 Å². The van der Waals surface area contributed by atoms with Crippen molar-refractivity contribution in [1.29, 1.82) is 0 Å². The first kappa shape index (κ1) is 19.5. The van der Waals surface area contributed by atoms with Crippen LogP contribution < -0.4 is 16.3 Å². The number of hydrogen-bond acceptors (Lipinski definition) is 4. The van der Waals surface area contributed by atoms with Crippen LogP contribution in [0, 0.1) is 0 Å². The summed E-state index contributed by atoms with van der Waals surface area (Å²) in [5, 5.41) is 10.5. The minimum Gasteiger partial charge on any atom is -0.353 e. The minimum atomic E-state index is -0.294. The van der Waals surface area contributed by atoms with Crippen LogP contribution in [-0.2, 0) is 11.3 Å². The number of aromatic nitrogens is 3. The lowest BCUT2D eigenvalue weighted by Crippen LogP contribution is -2.39. The van der Waals surface area contributed by atoms with Gasteiger partial charge in [0.1, 0.15) is 6.54 Å². The fraction of sp³-hybridized carbons (Fsp3) is 0.588. The highest BCUT2D eigenvalue weighted by atomic mass is 35.5. The van der Waals surface area contributed by atoms with E-state index in [1.807, 2.05) is 6.07 Å². The maximum atomic E-state index is 12.1. The third kappa shape index (κ3) is 5.31. The monoisotopic (exact) mass is 367 g/mol. The molecule has 2 N–H and O–H groups in total. The third-order valence-corrected chi connectivity index (χ3v) is 4.52. The average molecular weight is 368 g/mol. The van der Waals surface area contributed by atoms with Crippen LogP contribution in [0.25, 0.3) is 5.65 Å². The van der Waals surface area contributed by atoms with Crippen LogP contribution in [0.1, 0.15) is 38.5 Å². The average Bonchev–Trinajstić information content (AvgIpc) is 2.77. The van der Waals surface area contributed by atoms with E-state index in [1.165, 1.54) is 47.6 Å². The minimum absolute atomic E-state index is 0. The zero-order valence-corrected chi connectivity index (χ0v) is 15.1. The van der Waals surface area contributed by atoms with Crippen molar-refractivity contribution in [3.05, 3.63) is 34.9 Å². The molecule has 2 aromatic heterocycles. The standard InChI is InChI=1S/C17H25N5O2.ClH/c23-16(19-11-10-18-14-7-3-1-2-4-8-14)13-22-17(24)21-12-6-5-9-15(21)20-22;/h5-6,9,12,14,18H,1-4,7-8,10-11,13H2,(H,19,23);1H. The highest BCUT2D eigenvalue weighted by Gasteiger charge is 2.12. The van der Waals surface area contributed by atoms with E-state index >= 15 is 0 Å². The van der Waals surface area contributed by atoms with Gasteiger partial charge in [-0.15, -0.1) is 17.5 Å². The number of nitrogens with zero attached hydrogens (tertiary/aromatic N) is 3. The number of pyridine rings is 1. The Balaban J connectivity index is 0.00000225. The molecule has 2 heterocycles. The van der Waals surface area contributed by atoms with Crippen molar-refractivity contribution in [2.45, 2.75) is 51.1 Å². The number of halogens is 1. The largest absolute Gasteiger partial charge is 0.353 e. The van der Waals surface area contributed by atoms with Gasteiger partial charge in [0.15, 0.2) is 5.65 Å². The van der Waals surface area contributed by atoms with E-state index in [9.17, 15) is 9.59 Å². The lowest BCUT2D eigenvalue weighted by atomic mass is 10.1. The van der Waals surface area contributed by atoms with Gasteiger partial charge in [-0.1, -0.05) is 31.7 Å². The van der Waals surface area contributed by atoms with Crippen molar-refractivity contribution < 1.29 is 4.79 Å². The molecule has 0 spiro atoms. The zero-order chi connectivity index (χ0) is 16.8. The van der Waals surface area contributed by atoms with Gasteiger partial charge in [-0.2, -0.15) is 0 Å². The lowest BCUT2D eigenvalue weighted by molar-refractivity contribution is -0.121. The van der Waals surface area contributed by atoms with Crippen molar-refractivity contribution in [3.63, 3.8) is 0 Å². The molecule has 0 atom stereocenters. The first-order chi connectivity index (χ1) is 11.7. The summed E-state index contributed by atoms with van der Waals surface area (Å²) < 4.78 is 2.63. The molecule has 7 nitrogen and oxygen atoms in total. The Morgan fingerprint density at radius 1 is 1.16 bits per heavy atom. The number of nitrogens with one attached hydrogen (secondary N) is 2. The summed E-state index contributed by atoms with van der Waals surface area (Å²) in [4.78, 5) is 24.1. The topological polar surface area (TPSA) is 80.4 Å². The molecular weight excluding hydrogens is 342 g/mol. The lowest BCUT2D eigenvalue weighted by Gasteiger charge is -2.16. The second kappa shape index (κ2) is 9.58. The molecule has 25 heavy (non-hydrogen) atoms. The van der Waals surface area contributed by atoms with Gasteiger partial charge < -0.3 is 10.6 Å². The summed E-state index contributed by atoms with van der Waals surface area (Å²) >= 11 is 0. The van der Waals surface area contributed by atoms with Crippen LogP contribution in [0.3, 0.4) is 0 Å². The quantitative estimate of drug-likeness (QED) is 0.596. The first-order valence-corrected chi connectivity index (χ1v) is 8.78. The Kier molecular flexibility index (Phi) is 7.46. The van der Waals surface area contributed by atoms with Gasteiger partial charge in [0, 0.05) is 25.3 Å². The van der Waals surface area contributed by atoms with Gasteiger partial charge in [0.2, 0.25) is 5.91 Å². The summed E-state index contributed by atoms with van der Waals surface area (Å²) in [5.41, 5.74) is 0.252. The summed E-state index contributed by atoms with van der Waals surface area (Å²) in [6.45, 7) is 1.28. The van der Waals surface area contributed by atoms with E-state index in [1.54, 1.807) is 18.3 Å². The van der Waals surface area contributed by atoms with E-state index in [0.29, 0.717) is 18.2 Å². The molecule has 8 heteroatoms. The smallest absolute Gasteiger partial charge is 0.350 e. The molecule has 0 radical (unpaired) electrons. The molecule has 138 valence electrons. The summed E-state index contributed by atoms with van der Waals surface area (Å²) in [7, 11) is 0. The molecule has 3 rings (SSSR count). The van der Waals surface area contributed by atoms with Gasteiger partial charge >= 0.3 is 5.69 Å². The zero-order valence-electron chi connectivity index (χ0n) is 14.3. The highest BCUT2D eigenvalue weighted by molar-refractivity contribution is 5.85. The number of amides is 1. The summed E-state index contributed by atoms with van der Waals surface area (Å²) in [6, 6.07) is 5.89. The molecule has 2 aromatic rings. The fourth-order valence-electron chi connectivity index (χ4n) is 3.22. The predicted octanol–water partition coefficient (Wildman–Crippen LogP) is 1.35. The summed E-state index contributed by atoms with van der Waals surface area (Å²) in [5.74, 6) is -0.192. The Labute approximate surface area is 153 Å². The van der Waals surface area contributed by atoms with Crippen molar-refractivity contribution in [2.24, 2.45) is 0 Å². The molecule has 1 aliphatic carbocycles. The van der Waals surface area contributed by atoms with E-state index in [2.05, 4.69) is 15.7 Å².